The normalized spacial score (nSPS) is 19.1. The number of halogens is 12. The second kappa shape index (κ2) is 8.32. The molecule has 13 heteroatoms. The van der Waals surface area contributed by atoms with Crippen molar-refractivity contribution in [3.05, 3.63) is 24.3 Å². The Hall–Kier alpha value is -1.40. The fourth-order valence-corrected chi connectivity index (χ4v) is 1.52. The molecular weight excluding hydrogens is 388 g/mol. The van der Waals surface area contributed by atoms with E-state index in [0.29, 0.717) is 0 Å². The Kier molecular flexibility index (Phi) is 7.85. The molecule has 0 aliphatic carbocycles. The minimum atomic E-state index is -5.51. The first-order chi connectivity index (χ1) is 11.0. The summed E-state index contributed by atoms with van der Waals surface area (Å²) in [6, 6.07) is 0. The highest BCUT2D eigenvalue weighted by Crippen LogP contribution is 2.41. The number of hydrogen-bond donors (Lipinski definition) is 0. The van der Waals surface area contributed by atoms with Crippen molar-refractivity contribution in [1.29, 1.82) is 0 Å². The lowest BCUT2D eigenvalue weighted by Gasteiger charge is -2.32. The highest BCUT2D eigenvalue weighted by Gasteiger charge is 2.51. The van der Waals surface area contributed by atoms with Crippen LogP contribution in [0.25, 0.3) is 0 Å². The largest absolute Gasteiger partial charge is 0.394 e. The van der Waals surface area contributed by atoms with E-state index in [9.17, 15) is 52.7 Å². The Morgan fingerprint density at radius 2 is 0.880 bits per heavy atom. The Morgan fingerprint density at radius 1 is 0.600 bits per heavy atom. The molecule has 0 saturated carbocycles. The molecule has 0 radical (unpaired) electrons. The summed E-state index contributed by atoms with van der Waals surface area (Å²) in [7, 11) is 0. The average Bonchev–Trinajstić information content (AvgIpc) is 2.29. The Labute approximate surface area is 132 Å². The van der Waals surface area contributed by atoms with E-state index in [1.165, 1.54) is 0 Å². The fourth-order valence-electron chi connectivity index (χ4n) is 1.52. The van der Waals surface area contributed by atoms with Crippen LogP contribution in [0, 0.1) is 0 Å². The van der Waals surface area contributed by atoms with Crippen LogP contribution in [0.15, 0.2) is 24.3 Å². The van der Waals surface area contributed by atoms with Crippen molar-refractivity contribution < 1.29 is 57.4 Å². The first-order valence-electron chi connectivity index (χ1n) is 6.12. The Balaban J connectivity index is 5.79. The number of allylic oxidation sites excluding steroid dienone is 2. The van der Waals surface area contributed by atoms with Crippen molar-refractivity contribution in [1.82, 2.24) is 0 Å². The van der Waals surface area contributed by atoms with Crippen LogP contribution in [0.4, 0.5) is 52.7 Å². The Bertz CT molecular complexity index is 424. The molecule has 0 fully saturated rings. The highest BCUT2D eigenvalue weighted by molar-refractivity contribution is 5.04. The van der Waals surface area contributed by atoms with Gasteiger partial charge in [-0.1, -0.05) is 0 Å². The molecule has 2 atom stereocenters. The summed E-state index contributed by atoms with van der Waals surface area (Å²) in [4.78, 5) is 0. The maximum absolute atomic E-state index is 14.1. The van der Waals surface area contributed by atoms with Gasteiger partial charge in [0.15, 0.2) is 0 Å². The molecule has 1 nitrogen and oxygen atoms in total. The van der Waals surface area contributed by atoms with E-state index in [1.54, 1.807) is 0 Å². The van der Waals surface area contributed by atoms with E-state index in [1.807, 2.05) is 0 Å². The summed E-state index contributed by atoms with van der Waals surface area (Å²) >= 11 is 0. The first-order valence-corrected chi connectivity index (χ1v) is 6.12. The van der Waals surface area contributed by atoms with Crippen molar-refractivity contribution >= 4 is 0 Å². The molecule has 0 bridgehead atoms. The van der Waals surface area contributed by atoms with Crippen LogP contribution in [0.5, 0.6) is 0 Å². The van der Waals surface area contributed by atoms with Crippen LogP contribution >= 0.6 is 0 Å². The molecule has 0 aliphatic heterocycles. The molecule has 0 saturated heterocycles. The van der Waals surface area contributed by atoms with Crippen molar-refractivity contribution in [3.8, 4) is 0 Å². The van der Waals surface area contributed by atoms with E-state index in [4.69, 9.17) is 0 Å². The molecule has 0 spiro atoms. The third-order valence-corrected chi connectivity index (χ3v) is 2.20. The summed E-state index contributed by atoms with van der Waals surface area (Å²) in [5.74, 6) is -9.00. The van der Waals surface area contributed by atoms with Gasteiger partial charge in [0.25, 0.3) is 12.9 Å². The molecule has 0 rings (SSSR count). The lowest BCUT2D eigenvalue weighted by atomic mass is 10.1. The smallest absolute Gasteiger partial charge is 0.301 e. The number of alkyl halides is 12. The van der Waals surface area contributed by atoms with Gasteiger partial charge in [-0.2, -0.15) is 26.3 Å². The molecule has 0 amide bonds. The van der Waals surface area contributed by atoms with Crippen LogP contribution in [0.2, 0.25) is 0 Å². The summed E-state index contributed by atoms with van der Waals surface area (Å²) < 4.78 is 153. The zero-order valence-electron chi connectivity index (χ0n) is 11.8. The van der Waals surface area contributed by atoms with Crippen LogP contribution in [-0.2, 0) is 4.74 Å². The molecule has 148 valence electrons. The molecule has 25 heavy (non-hydrogen) atoms. The average molecular weight is 398 g/mol. The molecule has 0 N–H and O–H groups in total. The predicted molar refractivity (Wildman–Crippen MR) is 60.4 cm³/mol. The van der Waals surface area contributed by atoms with Gasteiger partial charge in [0.2, 0.25) is 11.7 Å². The number of ether oxygens (including phenoxy) is 1. The SMILES string of the molecule is FC(F)C=CC(F)(CC(F)(F)F)OC(F)(C=CC(F)F)CC(F)(F)F. The molecule has 0 aliphatic rings. The second-order valence-corrected chi connectivity index (χ2v) is 4.65. The zero-order chi connectivity index (χ0) is 20.1. The van der Waals surface area contributed by atoms with Crippen molar-refractivity contribution in [2.45, 2.75) is 49.8 Å². The van der Waals surface area contributed by atoms with Crippen molar-refractivity contribution in [2.24, 2.45) is 0 Å². The Morgan fingerprint density at radius 3 is 1.08 bits per heavy atom. The third-order valence-electron chi connectivity index (χ3n) is 2.20. The number of hydrogen-bond acceptors (Lipinski definition) is 1. The van der Waals surface area contributed by atoms with E-state index >= 15 is 0 Å². The van der Waals surface area contributed by atoms with Gasteiger partial charge in [-0.25, -0.2) is 26.3 Å². The van der Waals surface area contributed by atoms with Crippen LogP contribution < -0.4 is 0 Å². The maximum Gasteiger partial charge on any atom is 0.394 e. The van der Waals surface area contributed by atoms with Crippen molar-refractivity contribution in [2.75, 3.05) is 0 Å². The quantitative estimate of drug-likeness (QED) is 0.367. The lowest BCUT2D eigenvalue weighted by molar-refractivity contribution is -0.294. The van der Waals surface area contributed by atoms with E-state index in [-0.39, 0.29) is 0 Å². The van der Waals surface area contributed by atoms with Gasteiger partial charge in [-0.3, -0.25) is 0 Å². The van der Waals surface area contributed by atoms with Gasteiger partial charge in [0.05, 0.1) is 0 Å². The lowest BCUT2D eigenvalue weighted by Crippen LogP contribution is -2.42. The monoisotopic (exact) mass is 398 g/mol. The minimum absolute atomic E-state index is 0.517. The topological polar surface area (TPSA) is 9.23 Å². The zero-order valence-corrected chi connectivity index (χ0v) is 11.8. The van der Waals surface area contributed by atoms with Gasteiger partial charge in [-0.05, 0) is 24.3 Å². The van der Waals surface area contributed by atoms with E-state index in [2.05, 4.69) is 4.74 Å². The fraction of sp³-hybridized carbons (Fsp3) is 0.667. The summed E-state index contributed by atoms with van der Waals surface area (Å²) in [6.07, 6.45) is -26.0. The third kappa shape index (κ3) is 11.7. The van der Waals surface area contributed by atoms with Gasteiger partial charge in [0, 0.05) is 0 Å². The maximum atomic E-state index is 14.1. The first kappa shape index (κ1) is 23.6. The molecule has 0 heterocycles. The van der Waals surface area contributed by atoms with E-state index in [0.717, 1.165) is 0 Å². The standard InChI is InChI=1S/C12H10F12O/c13-7(14)1-3-9(17,5-11(19,20)21)25-10(18,4-2-8(15)16)6-12(22,23)24/h1-4,7-8H,5-6H2. The van der Waals surface area contributed by atoms with Crippen molar-refractivity contribution in [3.63, 3.8) is 0 Å². The molecule has 0 aromatic rings. The van der Waals surface area contributed by atoms with Gasteiger partial charge in [0.1, 0.15) is 12.8 Å². The molecule has 2 unspecified atom stereocenters. The minimum Gasteiger partial charge on any atom is -0.301 e. The predicted octanol–water partition coefficient (Wildman–Crippen LogP) is 5.88. The number of rotatable bonds is 8. The van der Waals surface area contributed by atoms with E-state index < -0.39 is 74.1 Å². The van der Waals surface area contributed by atoms with Crippen LogP contribution in [0.1, 0.15) is 12.8 Å². The van der Waals surface area contributed by atoms with Crippen LogP contribution in [0.3, 0.4) is 0 Å². The van der Waals surface area contributed by atoms with Gasteiger partial charge < -0.3 is 4.74 Å². The second-order valence-electron chi connectivity index (χ2n) is 4.65. The van der Waals surface area contributed by atoms with Crippen LogP contribution in [-0.4, -0.2) is 36.9 Å². The summed E-state index contributed by atoms with van der Waals surface area (Å²) in [5, 5.41) is 0. The summed E-state index contributed by atoms with van der Waals surface area (Å²) in [5.41, 5.74) is 0. The molecule has 0 aromatic heterocycles. The van der Waals surface area contributed by atoms with Gasteiger partial charge >= 0.3 is 12.4 Å². The molecule has 0 aromatic carbocycles. The summed E-state index contributed by atoms with van der Waals surface area (Å²) in [6.45, 7) is 0. The highest BCUT2D eigenvalue weighted by atomic mass is 19.4. The van der Waals surface area contributed by atoms with Gasteiger partial charge in [-0.15, -0.1) is 0 Å². The molecular formula is C12H10F12O.